The van der Waals surface area contributed by atoms with Gasteiger partial charge in [-0.3, -0.25) is 0 Å². The monoisotopic (exact) mass is 237 g/mol. The smallest absolute Gasteiger partial charge is 0.00953 e. The van der Waals surface area contributed by atoms with E-state index in [2.05, 4.69) is 26.1 Å². The molecule has 2 aliphatic rings. The van der Waals surface area contributed by atoms with Crippen molar-refractivity contribution in [3.8, 4) is 0 Å². The molecular weight excluding hydrogens is 206 g/mol. The summed E-state index contributed by atoms with van der Waals surface area (Å²) in [5, 5.41) is 3.70. The Kier molecular flexibility index (Phi) is 4.90. The first-order valence-electron chi connectivity index (χ1n) is 7.94. The summed E-state index contributed by atoms with van der Waals surface area (Å²) in [4.78, 5) is 0. The van der Waals surface area contributed by atoms with Crippen LogP contribution in [-0.2, 0) is 0 Å². The van der Waals surface area contributed by atoms with Gasteiger partial charge < -0.3 is 5.32 Å². The standard InChI is InChI=1S/C16H31N/c1-4-17-16(15-8-9-15)10-7-14-6-5-12(2)13(3)11-14/h12-17H,4-11H2,1-3H3. The van der Waals surface area contributed by atoms with Crippen molar-refractivity contribution in [3.05, 3.63) is 0 Å². The highest BCUT2D eigenvalue weighted by atomic mass is 14.9. The molecule has 0 radical (unpaired) electrons. The minimum atomic E-state index is 0.842. The number of rotatable bonds is 6. The van der Waals surface area contributed by atoms with E-state index in [0.717, 1.165) is 36.3 Å². The highest BCUT2D eigenvalue weighted by Gasteiger charge is 2.31. The molecule has 0 aliphatic heterocycles. The van der Waals surface area contributed by atoms with Crippen molar-refractivity contribution in [2.24, 2.45) is 23.7 Å². The number of hydrogen-bond donors (Lipinski definition) is 1. The Morgan fingerprint density at radius 3 is 2.41 bits per heavy atom. The first-order valence-corrected chi connectivity index (χ1v) is 7.94. The van der Waals surface area contributed by atoms with Crippen molar-refractivity contribution in [1.29, 1.82) is 0 Å². The molecule has 1 heteroatoms. The average molecular weight is 237 g/mol. The van der Waals surface area contributed by atoms with Crippen molar-refractivity contribution < 1.29 is 0 Å². The van der Waals surface area contributed by atoms with Crippen LogP contribution in [0.5, 0.6) is 0 Å². The Bertz CT molecular complexity index is 222. The summed E-state index contributed by atoms with van der Waals surface area (Å²) < 4.78 is 0. The summed E-state index contributed by atoms with van der Waals surface area (Å²) >= 11 is 0. The van der Waals surface area contributed by atoms with Crippen LogP contribution in [0.1, 0.15) is 65.7 Å². The molecule has 0 amide bonds. The minimum Gasteiger partial charge on any atom is -0.314 e. The molecule has 0 aromatic heterocycles. The normalized spacial score (nSPS) is 35.8. The van der Waals surface area contributed by atoms with E-state index < -0.39 is 0 Å². The summed E-state index contributed by atoms with van der Waals surface area (Å²) in [5.41, 5.74) is 0. The number of nitrogens with one attached hydrogen (secondary N) is 1. The summed E-state index contributed by atoms with van der Waals surface area (Å²) in [6.45, 7) is 8.30. The van der Waals surface area contributed by atoms with Crippen LogP contribution in [0.15, 0.2) is 0 Å². The highest BCUT2D eigenvalue weighted by molar-refractivity contribution is 4.87. The van der Waals surface area contributed by atoms with Crippen LogP contribution in [0.25, 0.3) is 0 Å². The molecule has 1 nitrogen and oxygen atoms in total. The molecule has 0 aromatic rings. The molecule has 17 heavy (non-hydrogen) atoms. The molecule has 2 rings (SSSR count). The quantitative estimate of drug-likeness (QED) is 0.729. The molecule has 4 unspecified atom stereocenters. The molecule has 2 saturated carbocycles. The second kappa shape index (κ2) is 6.22. The maximum absolute atomic E-state index is 3.70. The fraction of sp³-hybridized carbons (Fsp3) is 1.00. The van der Waals surface area contributed by atoms with Crippen molar-refractivity contribution in [2.75, 3.05) is 6.54 Å². The van der Waals surface area contributed by atoms with Crippen molar-refractivity contribution in [2.45, 2.75) is 71.8 Å². The van der Waals surface area contributed by atoms with E-state index in [1.807, 2.05) is 0 Å². The molecule has 2 fully saturated rings. The van der Waals surface area contributed by atoms with Gasteiger partial charge in [0.1, 0.15) is 0 Å². The van der Waals surface area contributed by atoms with Crippen LogP contribution in [0.4, 0.5) is 0 Å². The lowest BCUT2D eigenvalue weighted by Gasteiger charge is -2.33. The van der Waals surface area contributed by atoms with Gasteiger partial charge in [0.25, 0.3) is 0 Å². The predicted molar refractivity (Wildman–Crippen MR) is 75.1 cm³/mol. The molecule has 2 aliphatic carbocycles. The van der Waals surface area contributed by atoms with E-state index in [1.54, 1.807) is 0 Å². The maximum atomic E-state index is 3.70. The zero-order valence-corrected chi connectivity index (χ0v) is 12.0. The van der Waals surface area contributed by atoms with Gasteiger partial charge in [0.05, 0.1) is 0 Å². The van der Waals surface area contributed by atoms with Gasteiger partial charge in [-0.1, -0.05) is 33.6 Å². The van der Waals surface area contributed by atoms with Gasteiger partial charge in [0.2, 0.25) is 0 Å². The van der Waals surface area contributed by atoms with Gasteiger partial charge in [0, 0.05) is 6.04 Å². The van der Waals surface area contributed by atoms with Crippen molar-refractivity contribution in [1.82, 2.24) is 5.32 Å². The average Bonchev–Trinajstić information content (AvgIpc) is 3.13. The van der Waals surface area contributed by atoms with Gasteiger partial charge >= 0.3 is 0 Å². The Hall–Kier alpha value is -0.0400. The van der Waals surface area contributed by atoms with Gasteiger partial charge in [-0.15, -0.1) is 0 Å². The lowest BCUT2D eigenvalue weighted by molar-refractivity contribution is 0.192. The Balaban J connectivity index is 1.69. The molecule has 1 N–H and O–H groups in total. The van der Waals surface area contributed by atoms with Crippen molar-refractivity contribution in [3.63, 3.8) is 0 Å². The highest BCUT2D eigenvalue weighted by Crippen LogP contribution is 2.38. The fourth-order valence-corrected chi connectivity index (χ4v) is 3.60. The lowest BCUT2D eigenvalue weighted by Crippen LogP contribution is -2.32. The first-order chi connectivity index (χ1) is 8.20. The Morgan fingerprint density at radius 1 is 1.06 bits per heavy atom. The molecule has 100 valence electrons. The van der Waals surface area contributed by atoms with Gasteiger partial charge in [-0.2, -0.15) is 0 Å². The molecular formula is C16H31N. The van der Waals surface area contributed by atoms with Crippen molar-refractivity contribution >= 4 is 0 Å². The largest absolute Gasteiger partial charge is 0.314 e. The second-order valence-electron chi connectivity index (χ2n) is 6.71. The van der Waals surface area contributed by atoms with Gasteiger partial charge in [0.15, 0.2) is 0 Å². The topological polar surface area (TPSA) is 12.0 Å². The summed E-state index contributed by atoms with van der Waals surface area (Å²) in [6, 6.07) is 0.842. The Morgan fingerprint density at radius 2 is 1.82 bits per heavy atom. The van der Waals surface area contributed by atoms with Crippen LogP contribution in [0, 0.1) is 23.7 Å². The minimum absolute atomic E-state index is 0.842. The van der Waals surface area contributed by atoms with Crippen LogP contribution >= 0.6 is 0 Å². The first kappa shape index (κ1) is 13.4. The van der Waals surface area contributed by atoms with E-state index in [0.29, 0.717) is 0 Å². The fourth-order valence-electron chi connectivity index (χ4n) is 3.60. The van der Waals surface area contributed by atoms with Crippen LogP contribution in [0.3, 0.4) is 0 Å². The summed E-state index contributed by atoms with van der Waals surface area (Å²) in [7, 11) is 0. The van der Waals surface area contributed by atoms with Crippen LogP contribution in [-0.4, -0.2) is 12.6 Å². The Labute approximate surface area is 108 Å². The van der Waals surface area contributed by atoms with Crippen LogP contribution < -0.4 is 5.32 Å². The van der Waals surface area contributed by atoms with E-state index in [9.17, 15) is 0 Å². The second-order valence-corrected chi connectivity index (χ2v) is 6.71. The predicted octanol–water partition coefficient (Wildman–Crippen LogP) is 4.23. The molecule has 0 heterocycles. The third-order valence-corrected chi connectivity index (χ3v) is 5.25. The SMILES string of the molecule is CCNC(CCC1CCC(C)C(C)C1)C1CC1. The zero-order chi connectivity index (χ0) is 12.3. The number of hydrogen-bond acceptors (Lipinski definition) is 1. The van der Waals surface area contributed by atoms with Gasteiger partial charge in [-0.25, -0.2) is 0 Å². The maximum Gasteiger partial charge on any atom is 0.00953 e. The summed E-state index contributed by atoms with van der Waals surface area (Å²) in [5.74, 6) is 3.99. The third-order valence-electron chi connectivity index (χ3n) is 5.25. The third kappa shape index (κ3) is 3.98. The molecule has 4 atom stereocenters. The molecule has 0 saturated heterocycles. The lowest BCUT2D eigenvalue weighted by atomic mass is 9.74. The zero-order valence-electron chi connectivity index (χ0n) is 12.0. The van der Waals surface area contributed by atoms with Crippen LogP contribution in [0.2, 0.25) is 0 Å². The molecule has 0 bridgehead atoms. The van der Waals surface area contributed by atoms with E-state index in [1.165, 1.54) is 44.9 Å². The summed E-state index contributed by atoms with van der Waals surface area (Å²) in [6.07, 6.45) is 10.3. The van der Waals surface area contributed by atoms with Gasteiger partial charge in [-0.05, 0) is 62.3 Å². The van der Waals surface area contributed by atoms with E-state index >= 15 is 0 Å². The molecule has 0 spiro atoms. The molecule has 0 aromatic carbocycles. The van der Waals surface area contributed by atoms with E-state index in [-0.39, 0.29) is 0 Å². The van der Waals surface area contributed by atoms with E-state index in [4.69, 9.17) is 0 Å².